The summed E-state index contributed by atoms with van der Waals surface area (Å²) >= 11 is 5.89. The van der Waals surface area contributed by atoms with Gasteiger partial charge in [0.1, 0.15) is 0 Å². The second-order valence-electron chi connectivity index (χ2n) is 5.82. The average Bonchev–Trinajstić information content (AvgIpc) is 2.37. The fourth-order valence-electron chi connectivity index (χ4n) is 1.73. The fraction of sp³-hybridized carbons (Fsp3) is 0.500. The summed E-state index contributed by atoms with van der Waals surface area (Å²) in [7, 11) is -3.92. The van der Waals surface area contributed by atoms with Crippen LogP contribution in [0.4, 0.5) is 0 Å². The Kier molecular flexibility index (Phi) is 5.41. The minimum atomic E-state index is -3.92. The van der Waals surface area contributed by atoms with Crippen molar-refractivity contribution in [2.75, 3.05) is 6.54 Å². The van der Waals surface area contributed by atoms with Gasteiger partial charge in [-0.1, -0.05) is 32.4 Å². The van der Waals surface area contributed by atoms with E-state index in [-0.39, 0.29) is 26.8 Å². The van der Waals surface area contributed by atoms with E-state index < -0.39 is 10.0 Å². The van der Waals surface area contributed by atoms with Crippen molar-refractivity contribution in [1.29, 1.82) is 0 Å². The van der Waals surface area contributed by atoms with Crippen LogP contribution in [0.5, 0.6) is 0 Å². The van der Waals surface area contributed by atoms with Crippen molar-refractivity contribution in [1.82, 2.24) is 5.32 Å². The number of primary sulfonamides is 1. The summed E-state index contributed by atoms with van der Waals surface area (Å²) < 4.78 is 23.1. The van der Waals surface area contributed by atoms with Crippen LogP contribution in [0.1, 0.15) is 43.1 Å². The Hall–Kier alpha value is -1.11. The molecule has 0 bridgehead atoms. The number of rotatable bonds is 5. The maximum Gasteiger partial charge on any atom is 0.251 e. The van der Waals surface area contributed by atoms with Crippen LogP contribution in [0.3, 0.4) is 0 Å². The molecule has 1 aromatic carbocycles. The number of hydrogen-bond acceptors (Lipinski definition) is 3. The average molecular weight is 333 g/mol. The van der Waals surface area contributed by atoms with E-state index in [1.807, 2.05) is 20.8 Å². The van der Waals surface area contributed by atoms with E-state index in [0.717, 1.165) is 6.42 Å². The molecule has 0 saturated carbocycles. The van der Waals surface area contributed by atoms with Gasteiger partial charge in [-0.05, 0) is 36.5 Å². The van der Waals surface area contributed by atoms with Crippen molar-refractivity contribution in [3.05, 3.63) is 28.3 Å². The molecule has 0 spiro atoms. The van der Waals surface area contributed by atoms with E-state index in [1.54, 1.807) is 0 Å². The molecule has 0 aliphatic heterocycles. The number of halogens is 1. The summed E-state index contributed by atoms with van der Waals surface area (Å²) in [5.41, 5.74) is 0.484. The summed E-state index contributed by atoms with van der Waals surface area (Å²) in [6, 6.07) is 2.69. The van der Waals surface area contributed by atoms with Gasteiger partial charge >= 0.3 is 0 Å². The van der Waals surface area contributed by atoms with Crippen LogP contribution in [0, 0.1) is 12.3 Å². The van der Waals surface area contributed by atoms with Crippen LogP contribution in [0.15, 0.2) is 17.0 Å². The van der Waals surface area contributed by atoms with Crippen LogP contribution in [0.2, 0.25) is 5.02 Å². The maximum absolute atomic E-state index is 12.3. The molecule has 0 aliphatic carbocycles. The first-order chi connectivity index (χ1) is 9.48. The van der Waals surface area contributed by atoms with Crippen molar-refractivity contribution >= 4 is 27.5 Å². The molecule has 0 atom stereocenters. The lowest BCUT2D eigenvalue weighted by atomic mass is 9.90. The first-order valence-electron chi connectivity index (χ1n) is 6.59. The SMILES string of the molecule is CCC(C)(C)CNC(=O)c1cc(Cl)cc(S(N)(=O)=O)c1C. The highest BCUT2D eigenvalue weighted by molar-refractivity contribution is 7.89. The van der Waals surface area contributed by atoms with E-state index in [4.69, 9.17) is 16.7 Å². The van der Waals surface area contributed by atoms with E-state index >= 15 is 0 Å². The van der Waals surface area contributed by atoms with Gasteiger partial charge in [0.15, 0.2) is 0 Å². The molecule has 21 heavy (non-hydrogen) atoms. The Morgan fingerprint density at radius 2 is 1.95 bits per heavy atom. The third-order valence-electron chi connectivity index (χ3n) is 3.56. The largest absolute Gasteiger partial charge is 0.351 e. The molecule has 1 rings (SSSR count). The number of sulfonamides is 1. The molecule has 5 nitrogen and oxygen atoms in total. The van der Waals surface area contributed by atoms with Crippen molar-refractivity contribution in [3.8, 4) is 0 Å². The lowest BCUT2D eigenvalue weighted by molar-refractivity contribution is 0.0935. The van der Waals surface area contributed by atoms with Gasteiger partial charge in [-0.15, -0.1) is 0 Å². The summed E-state index contributed by atoms with van der Waals surface area (Å²) in [5, 5.41) is 8.10. The van der Waals surface area contributed by atoms with Gasteiger partial charge in [0.2, 0.25) is 10.0 Å². The lowest BCUT2D eigenvalue weighted by Gasteiger charge is -2.23. The standard InChI is InChI=1S/C14H21ClN2O3S/c1-5-14(3,4)8-17-13(18)11-6-10(15)7-12(9(11)2)21(16,19)20/h6-7H,5,8H2,1-4H3,(H,17,18)(H2,16,19,20). The van der Waals surface area contributed by atoms with Crippen molar-refractivity contribution in [2.24, 2.45) is 10.6 Å². The molecule has 0 saturated heterocycles. The van der Waals surface area contributed by atoms with Crippen LogP contribution < -0.4 is 10.5 Å². The van der Waals surface area contributed by atoms with Crippen molar-refractivity contribution in [3.63, 3.8) is 0 Å². The number of carbonyl (C=O) groups is 1. The highest BCUT2D eigenvalue weighted by Gasteiger charge is 2.21. The van der Waals surface area contributed by atoms with E-state index in [1.165, 1.54) is 19.1 Å². The molecule has 0 radical (unpaired) electrons. The Morgan fingerprint density at radius 1 is 1.38 bits per heavy atom. The van der Waals surface area contributed by atoms with Crippen LogP contribution >= 0.6 is 11.6 Å². The molecule has 3 N–H and O–H groups in total. The van der Waals surface area contributed by atoms with Gasteiger partial charge in [-0.25, -0.2) is 13.6 Å². The van der Waals surface area contributed by atoms with E-state index in [9.17, 15) is 13.2 Å². The Morgan fingerprint density at radius 3 is 2.43 bits per heavy atom. The summed E-state index contributed by atoms with van der Waals surface area (Å²) in [6.45, 7) is 8.13. The number of hydrogen-bond donors (Lipinski definition) is 2. The molecule has 118 valence electrons. The van der Waals surface area contributed by atoms with Crippen LogP contribution in [0.25, 0.3) is 0 Å². The number of nitrogens with two attached hydrogens (primary N) is 1. The summed E-state index contributed by atoms with van der Waals surface area (Å²) in [5.74, 6) is -0.360. The molecule has 7 heteroatoms. The van der Waals surface area contributed by atoms with E-state index in [2.05, 4.69) is 5.32 Å². The number of nitrogens with one attached hydrogen (secondary N) is 1. The highest BCUT2D eigenvalue weighted by Crippen LogP contribution is 2.24. The molecular formula is C14H21ClN2O3S. The number of carbonyl (C=O) groups excluding carboxylic acids is 1. The summed E-state index contributed by atoms with van der Waals surface area (Å²) in [6.07, 6.45) is 0.907. The maximum atomic E-state index is 12.3. The number of amides is 1. The van der Waals surface area contributed by atoms with Crippen LogP contribution in [-0.4, -0.2) is 20.9 Å². The fourth-order valence-corrected chi connectivity index (χ4v) is 2.84. The zero-order chi connectivity index (χ0) is 16.4. The molecule has 1 amide bonds. The van der Waals surface area contributed by atoms with Crippen molar-refractivity contribution in [2.45, 2.75) is 39.0 Å². The van der Waals surface area contributed by atoms with Gasteiger partial charge < -0.3 is 5.32 Å². The monoisotopic (exact) mass is 332 g/mol. The zero-order valence-electron chi connectivity index (χ0n) is 12.7. The first kappa shape index (κ1) is 17.9. The van der Waals surface area contributed by atoms with E-state index in [0.29, 0.717) is 12.1 Å². The molecule has 0 heterocycles. The van der Waals surface area contributed by atoms with Gasteiger partial charge in [0, 0.05) is 17.1 Å². The highest BCUT2D eigenvalue weighted by atomic mass is 35.5. The van der Waals surface area contributed by atoms with Crippen molar-refractivity contribution < 1.29 is 13.2 Å². The first-order valence-corrected chi connectivity index (χ1v) is 8.51. The third kappa shape index (κ3) is 4.69. The normalized spacial score (nSPS) is 12.3. The lowest BCUT2D eigenvalue weighted by Crippen LogP contribution is -2.34. The second-order valence-corrected chi connectivity index (χ2v) is 7.79. The molecule has 0 aromatic heterocycles. The summed E-state index contributed by atoms with van der Waals surface area (Å²) in [4.78, 5) is 12.1. The molecule has 0 unspecified atom stereocenters. The predicted molar refractivity (Wildman–Crippen MR) is 84.0 cm³/mol. The molecular weight excluding hydrogens is 312 g/mol. The van der Waals surface area contributed by atoms with Gasteiger partial charge in [-0.3, -0.25) is 4.79 Å². The zero-order valence-corrected chi connectivity index (χ0v) is 14.2. The molecule has 0 aliphatic rings. The smallest absolute Gasteiger partial charge is 0.251 e. The Labute approximate surface area is 130 Å². The second kappa shape index (κ2) is 6.34. The Bertz CT molecular complexity index is 654. The molecule has 0 fully saturated rings. The van der Waals surface area contributed by atoms with Crippen LogP contribution in [-0.2, 0) is 10.0 Å². The molecule has 1 aromatic rings. The Balaban J connectivity index is 3.14. The number of benzene rings is 1. The topological polar surface area (TPSA) is 89.3 Å². The predicted octanol–water partition coefficient (Wildman–Crippen LogP) is 2.46. The van der Waals surface area contributed by atoms with Gasteiger partial charge in [-0.2, -0.15) is 0 Å². The third-order valence-corrected chi connectivity index (χ3v) is 4.82. The van der Waals surface area contributed by atoms with Gasteiger partial charge in [0.25, 0.3) is 5.91 Å². The minimum Gasteiger partial charge on any atom is -0.351 e. The minimum absolute atomic E-state index is 0.0368. The quantitative estimate of drug-likeness (QED) is 0.867. The van der Waals surface area contributed by atoms with Gasteiger partial charge in [0.05, 0.1) is 4.90 Å².